The molecule has 0 bridgehead atoms. The van der Waals surface area contributed by atoms with Crippen LogP contribution in [0.2, 0.25) is 0 Å². The molecule has 0 unspecified atom stereocenters. The molecular formula is C13H16FNO3. The van der Waals surface area contributed by atoms with Gasteiger partial charge >= 0.3 is 5.97 Å². The molecule has 0 aliphatic carbocycles. The Hall–Kier alpha value is -1.91. The van der Waals surface area contributed by atoms with E-state index in [2.05, 4.69) is 0 Å². The molecule has 1 amide bonds. The van der Waals surface area contributed by atoms with Gasteiger partial charge in [-0.1, -0.05) is 12.1 Å². The number of amides is 1. The van der Waals surface area contributed by atoms with Gasteiger partial charge in [0.1, 0.15) is 5.82 Å². The van der Waals surface area contributed by atoms with Crippen LogP contribution in [0.1, 0.15) is 23.7 Å². The van der Waals surface area contributed by atoms with Gasteiger partial charge in [0, 0.05) is 13.6 Å². The predicted octanol–water partition coefficient (Wildman–Crippen LogP) is 1.85. The first kappa shape index (κ1) is 14.2. The van der Waals surface area contributed by atoms with Crippen molar-refractivity contribution in [2.45, 2.75) is 13.3 Å². The fraction of sp³-hybridized carbons (Fsp3) is 0.385. The van der Waals surface area contributed by atoms with E-state index in [4.69, 9.17) is 4.74 Å². The van der Waals surface area contributed by atoms with Gasteiger partial charge in [-0.3, -0.25) is 9.59 Å². The van der Waals surface area contributed by atoms with Crippen molar-refractivity contribution in [3.8, 4) is 0 Å². The summed E-state index contributed by atoms with van der Waals surface area (Å²) < 4.78 is 18.1. The lowest BCUT2D eigenvalue weighted by molar-refractivity contribution is -0.143. The first-order valence-corrected chi connectivity index (χ1v) is 5.72. The molecule has 0 spiro atoms. The number of nitrogens with zero attached hydrogens (tertiary/aromatic N) is 1. The first-order valence-electron chi connectivity index (χ1n) is 5.72. The van der Waals surface area contributed by atoms with Crippen molar-refractivity contribution in [2.75, 3.05) is 20.2 Å². The quantitative estimate of drug-likeness (QED) is 0.752. The van der Waals surface area contributed by atoms with E-state index in [0.717, 1.165) is 0 Å². The summed E-state index contributed by atoms with van der Waals surface area (Å²) in [5.41, 5.74) is 0.00357. The molecule has 0 saturated carbocycles. The second-order valence-electron chi connectivity index (χ2n) is 3.76. The Morgan fingerprint density at radius 3 is 2.61 bits per heavy atom. The van der Waals surface area contributed by atoms with Crippen LogP contribution in [-0.4, -0.2) is 37.0 Å². The Morgan fingerprint density at radius 2 is 2.00 bits per heavy atom. The van der Waals surface area contributed by atoms with Crippen LogP contribution >= 0.6 is 0 Å². The Kier molecular flexibility index (Phi) is 5.30. The molecule has 0 aromatic heterocycles. The van der Waals surface area contributed by atoms with E-state index < -0.39 is 11.7 Å². The molecule has 0 fully saturated rings. The second-order valence-corrected chi connectivity index (χ2v) is 3.76. The summed E-state index contributed by atoms with van der Waals surface area (Å²) in [6, 6.07) is 5.76. The largest absolute Gasteiger partial charge is 0.466 e. The van der Waals surface area contributed by atoms with E-state index in [9.17, 15) is 14.0 Å². The van der Waals surface area contributed by atoms with Crippen molar-refractivity contribution in [1.82, 2.24) is 4.90 Å². The minimum atomic E-state index is -0.564. The normalized spacial score (nSPS) is 9.94. The fourth-order valence-electron chi connectivity index (χ4n) is 1.43. The second kappa shape index (κ2) is 6.74. The average Bonchev–Trinajstić information content (AvgIpc) is 2.36. The maximum absolute atomic E-state index is 13.4. The molecule has 0 heterocycles. The third-order valence-electron chi connectivity index (χ3n) is 2.41. The Labute approximate surface area is 105 Å². The number of ether oxygens (including phenoxy) is 1. The molecule has 0 atom stereocenters. The van der Waals surface area contributed by atoms with Crippen molar-refractivity contribution in [1.29, 1.82) is 0 Å². The number of hydrogen-bond acceptors (Lipinski definition) is 3. The third-order valence-corrected chi connectivity index (χ3v) is 2.41. The fourth-order valence-corrected chi connectivity index (χ4v) is 1.43. The van der Waals surface area contributed by atoms with Gasteiger partial charge in [0.2, 0.25) is 0 Å². The van der Waals surface area contributed by atoms with Crippen LogP contribution in [0.5, 0.6) is 0 Å². The van der Waals surface area contributed by atoms with Crippen LogP contribution in [0, 0.1) is 5.82 Å². The molecule has 0 N–H and O–H groups in total. The highest BCUT2D eigenvalue weighted by Gasteiger charge is 2.16. The molecule has 0 aliphatic rings. The smallest absolute Gasteiger partial charge is 0.307 e. The summed E-state index contributed by atoms with van der Waals surface area (Å²) in [6.45, 7) is 2.22. The van der Waals surface area contributed by atoms with Crippen molar-refractivity contribution in [3.05, 3.63) is 35.6 Å². The maximum atomic E-state index is 13.4. The standard InChI is InChI=1S/C13H16FNO3/c1-3-18-12(16)8-9-15(2)13(17)10-6-4-5-7-11(10)14/h4-7H,3,8-9H2,1-2H3. The molecule has 1 aromatic carbocycles. The number of benzene rings is 1. The number of carbonyl (C=O) groups excluding carboxylic acids is 2. The molecule has 4 nitrogen and oxygen atoms in total. The highest BCUT2D eigenvalue weighted by atomic mass is 19.1. The summed E-state index contributed by atoms with van der Waals surface area (Å²) in [5, 5.41) is 0. The highest BCUT2D eigenvalue weighted by molar-refractivity contribution is 5.94. The zero-order valence-electron chi connectivity index (χ0n) is 10.5. The summed E-state index contributed by atoms with van der Waals surface area (Å²) in [5.74, 6) is -1.38. The molecule has 98 valence electrons. The van der Waals surface area contributed by atoms with Crippen molar-refractivity contribution in [3.63, 3.8) is 0 Å². The maximum Gasteiger partial charge on any atom is 0.307 e. The van der Waals surface area contributed by atoms with Crippen molar-refractivity contribution >= 4 is 11.9 Å². The predicted molar refractivity (Wildman–Crippen MR) is 64.6 cm³/mol. The van der Waals surface area contributed by atoms with Gasteiger partial charge < -0.3 is 9.64 Å². The van der Waals surface area contributed by atoms with Gasteiger partial charge in [-0.2, -0.15) is 0 Å². The highest BCUT2D eigenvalue weighted by Crippen LogP contribution is 2.09. The molecule has 1 rings (SSSR count). The van der Waals surface area contributed by atoms with Gasteiger partial charge in [-0.05, 0) is 19.1 Å². The number of rotatable bonds is 5. The zero-order chi connectivity index (χ0) is 13.5. The molecule has 18 heavy (non-hydrogen) atoms. The van der Waals surface area contributed by atoms with E-state index in [-0.39, 0.29) is 24.5 Å². The van der Waals surface area contributed by atoms with Crippen LogP contribution in [0.4, 0.5) is 4.39 Å². The summed E-state index contributed by atoms with van der Waals surface area (Å²) in [6.07, 6.45) is 0.102. The minimum absolute atomic E-state index is 0.00357. The van der Waals surface area contributed by atoms with Crippen LogP contribution in [0.3, 0.4) is 0 Å². The minimum Gasteiger partial charge on any atom is -0.466 e. The average molecular weight is 253 g/mol. The lowest BCUT2D eigenvalue weighted by atomic mass is 10.2. The number of halogens is 1. The van der Waals surface area contributed by atoms with E-state index in [1.807, 2.05) is 0 Å². The van der Waals surface area contributed by atoms with Crippen LogP contribution in [0.15, 0.2) is 24.3 Å². The van der Waals surface area contributed by atoms with Crippen molar-refractivity contribution in [2.24, 2.45) is 0 Å². The topological polar surface area (TPSA) is 46.6 Å². The number of esters is 1. The number of hydrogen-bond donors (Lipinski definition) is 0. The molecular weight excluding hydrogens is 237 g/mol. The van der Waals surface area contributed by atoms with E-state index in [1.54, 1.807) is 13.0 Å². The van der Waals surface area contributed by atoms with Crippen LogP contribution in [-0.2, 0) is 9.53 Å². The molecule has 1 aromatic rings. The molecule has 0 radical (unpaired) electrons. The lowest BCUT2D eigenvalue weighted by Gasteiger charge is -2.16. The Bertz CT molecular complexity index is 434. The number of carbonyl (C=O) groups is 2. The van der Waals surface area contributed by atoms with Crippen LogP contribution < -0.4 is 0 Å². The summed E-state index contributed by atoms with van der Waals surface area (Å²) in [4.78, 5) is 24.3. The Morgan fingerprint density at radius 1 is 1.33 bits per heavy atom. The monoisotopic (exact) mass is 253 g/mol. The van der Waals surface area contributed by atoms with E-state index in [1.165, 1.54) is 30.1 Å². The zero-order valence-corrected chi connectivity index (χ0v) is 10.5. The lowest BCUT2D eigenvalue weighted by Crippen LogP contribution is -2.30. The SMILES string of the molecule is CCOC(=O)CCN(C)C(=O)c1ccccc1F. The Balaban J connectivity index is 2.57. The molecule has 0 aliphatic heterocycles. The molecule has 5 heteroatoms. The van der Waals surface area contributed by atoms with Gasteiger partial charge in [0.05, 0.1) is 18.6 Å². The summed E-state index contributed by atoms with van der Waals surface area (Å²) in [7, 11) is 1.52. The van der Waals surface area contributed by atoms with Crippen LogP contribution in [0.25, 0.3) is 0 Å². The molecule has 0 saturated heterocycles. The van der Waals surface area contributed by atoms with Gasteiger partial charge in [0.25, 0.3) is 5.91 Å². The van der Waals surface area contributed by atoms with E-state index in [0.29, 0.717) is 6.61 Å². The van der Waals surface area contributed by atoms with Crippen molar-refractivity contribution < 1.29 is 18.7 Å². The first-order chi connectivity index (χ1) is 8.56. The van der Waals surface area contributed by atoms with Gasteiger partial charge in [-0.15, -0.1) is 0 Å². The summed E-state index contributed by atoms with van der Waals surface area (Å²) >= 11 is 0. The van der Waals surface area contributed by atoms with Gasteiger partial charge in [-0.25, -0.2) is 4.39 Å². The van der Waals surface area contributed by atoms with E-state index >= 15 is 0 Å². The van der Waals surface area contributed by atoms with Gasteiger partial charge in [0.15, 0.2) is 0 Å². The third kappa shape index (κ3) is 3.84.